The Bertz CT molecular complexity index is 1070. The molecule has 2 fully saturated rings. The molecular formula is C24H28N2O6. The molecule has 4 rings (SSSR count). The molecule has 1 saturated carbocycles. The normalized spacial score (nSPS) is 22.9. The van der Waals surface area contributed by atoms with Crippen molar-refractivity contribution in [2.45, 2.75) is 45.8 Å². The summed E-state index contributed by atoms with van der Waals surface area (Å²) in [6.45, 7) is 8.37. The molecular weight excluding hydrogens is 412 g/mol. The minimum atomic E-state index is -0.874. The molecule has 0 spiro atoms. The van der Waals surface area contributed by atoms with Gasteiger partial charge in [-0.3, -0.25) is 19.7 Å². The van der Waals surface area contributed by atoms with Gasteiger partial charge in [-0.25, -0.2) is 0 Å². The highest BCUT2D eigenvalue weighted by molar-refractivity contribution is 6.49. The zero-order valence-electron chi connectivity index (χ0n) is 18.6. The van der Waals surface area contributed by atoms with E-state index >= 15 is 0 Å². The lowest BCUT2D eigenvalue weighted by molar-refractivity contribution is -0.150. The second kappa shape index (κ2) is 8.18. The molecule has 1 aliphatic carbocycles. The van der Waals surface area contributed by atoms with Crippen LogP contribution in [0.5, 0.6) is 5.75 Å². The molecule has 3 N–H and O–H groups in total. The number of aryl methyl sites for hydroxylation is 1. The maximum atomic E-state index is 12.5. The van der Waals surface area contributed by atoms with Crippen LogP contribution in [0.15, 0.2) is 34.7 Å². The Morgan fingerprint density at radius 3 is 2.38 bits per heavy atom. The summed E-state index contributed by atoms with van der Waals surface area (Å²) in [6.07, 6.45) is 0. The van der Waals surface area contributed by atoms with Crippen molar-refractivity contribution >= 4 is 23.0 Å². The maximum absolute atomic E-state index is 12.5. The molecule has 2 aromatic rings. The number of ether oxygens (including phenoxy) is 1. The van der Waals surface area contributed by atoms with E-state index in [2.05, 4.69) is 10.6 Å². The van der Waals surface area contributed by atoms with E-state index in [0.29, 0.717) is 19.0 Å². The number of ketones is 3. The average molecular weight is 440 g/mol. The van der Waals surface area contributed by atoms with Crippen LogP contribution in [0.2, 0.25) is 0 Å². The van der Waals surface area contributed by atoms with Gasteiger partial charge in [0.1, 0.15) is 29.4 Å². The molecule has 32 heavy (non-hydrogen) atoms. The first-order chi connectivity index (χ1) is 15.1. The van der Waals surface area contributed by atoms with Crippen molar-refractivity contribution in [3.05, 3.63) is 47.4 Å². The largest absolute Gasteiger partial charge is 0.505 e. The number of carbonyl (C=O) groups excluding carboxylic acids is 3. The Morgan fingerprint density at radius 2 is 1.81 bits per heavy atom. The van der Waals surface area contributed by atoms with Gasteiger partial charge in [0.25, 0.3) is 0 Å². The molecule has 0 radical (unpaired) electrons. The third-order valence-electron chi connectivity index (χ3n) is 6.23. The minimum Gasteiger partial charge on any atom is -0.505 e. The first-order valence-electron chi connectivity index (χ1n) is 10.7. The van der Waals surface area contributed by atoms with Gasteiger partial charge in [-0.15, -0.1) is 0 Å². The van der Waals surface area contributed by atoms with Gasteiger partial charge in [-0.1, -0.05) is 26.8 Å². The molecule has 3 unspecified atom stereocenters. The number of rotatable bonds is 8. The second-order valence-electron chi connectivity index (χ2n) is 9.24. The van der Waals surface area contributed by atoms with Gasteiger partial charge in [0.05, 0.1) is 30.5 Å². The number of nitrogens with one attached hydrogen (secondary N) is 2. The molecule has 1 aliphatic heterocycles. The van der Waals surface area contributed by atoms with Gasteiger partial charge in [-0.05, 0) is 31.2 Å². The molecule has 0 amide bonds. The van der Waals surface area contributed by atoms with Crippen LogP contribution in [0, 0.1) is 18.3 Å². The Balaban J connectivity index is 1.58. The van der Waals surface area contributed by atoms with Crippen molar-refractivity contribution in [1.82, 2.24) is 5.32 Å². The number of anilines is 1. The molecule has 170 valence electrons. The summed E-state index contributed by atoms with van der Waals surface area (Å²) in [7, 11) is 0. The van der Waals surface area contributed by atoms with E-state index in [1.165, 1.54) is 0 Å². The Hall–Kier alpha value is -2.97. The summed E-state index contributed by atoms with van der Waals surface area (Å²) in [5, 5.41) is 16.9. The van der Waals surface area contributed by atoms with E-state index < -0.39 is 23.7 Å². The number of hydrogen-bond donors (Lipinski definition) is 3. The molecule has 1 aromatic carbocycles. The highest BCUT2D eigenvalue weighted by atomic mass is 16.5. The summed E-state index contributed by atoms with van der Waals surface area (Å²) in [4.78, 5) is 37.3. The van der Waals surface area contributed by atoms with Crippen molar-refractivity contribution in [2.24, 2.45) is 11.3 Å². The van der Waals surface area contributed by atoms with Crippen LogP contribution in [-0.4, -0.2) is 47.8 Å². The van der Waals surface area contributed by atoms with Crippen LogP contribution in [-0.2, 0) is 14.3 Å². The number of para-hydroxylation sites is 1. The fourth-order valence-corrected chi connectivity index (χ4v) is 4.18. The lowest BCUT2D eigenvalue weighted by Gasteiger charge is -2.47. The van der Waals surface area contributed by atoms with Gasteiger partial charge < -0.3 is 19.6 Å². The fraction of sp³-hybridized carbons (Fsp3) is 0.458. The van der Waals surface area contributed by atoms with E-state index in [1.807, 2.05) is 26.0 Å². The van der Waals surface area contributed by atoms with Crippen molar-refractivity contribution in [3.63, 3.8) is 0 Å². The molecule has 8 nitrogen and oxygen atoms in total. The summed E-state index contributed by atoms with van der Waals surface area (Å²) >= 11 is 0. The lowest BCUT2D eigenvalue weighted by Crippen LogP contribution is -2.69. The number of hydrogen-bond acceptors (Lipinski definition) is 8. The predicted molar refractivity (Wildman–Crippen MR) is 117 cm³/mol. The van der Waals surface area contributed by atoms with E-state index in [9.17, 15) is 19.5 Å². The quantitative estimate of drug-likeness (QED) is 0.326. The monoisotopic (exact) mass is 440 g/mol. The number of phenolic OH excluding ortho intramolecular Hbond substituents is 1. The van der Waals surface area contributed by atoms with E-state index in [-0.39, 0.29) is 40.2 Å². The third kappa shape index (κ3) is 3.73. The topological polar surface area (TPSA) is 118 Å². The number of phenols is 1. The molecule has 0 bridgehead atoms. The number of benzene rings is 1. The minimum absolute atomic E-state index is 0.177. The molecule has 2 aliphatic rings. The van der Waals surface area contributed by atoms with Crippen molar-refractivity contribution in [3.8, 4) is 5.75 Å². The van der Waals surface area contributed by atoms with E-state index in [0.717, 1.165) is 5.76 Å². The maximum Gasteiger partial charge on any atom is 0.224 e. The van der Waals surface area contributed by atoms with Gasteiger partial charge in [-0.2, -0.15) is 0 Å². The molecule has 1 saturated heterocycles. The first kappa shape index (κ1) is 22.2. The van der Waals surface area contributed by atoms with Crippen molar-refractivity contribution < 1.29 is 28.6 Å². The van der Waals surface area contributed by atoms with Crippen LogP contribution in [0.25, 0.3) is 0 Å². The van der Waals surface area contributed by atoms with Crippen LogP contribution < -0.4 is 10.6 Å². The Morgan fingerprint density at radius 1 is 1.12 bits per heavy atom. The number of Topliss-reactive ketones (excluding diaryl/α,β-unsaturated/α-hetero) is 3. The first-order valence-corrected chi connectivity index (χ1v) is 10.7. The van der Waals surface area contributed by atoms with E-state index in [4.69, 9.17) is 9.15 Å². The molecule has 1 aromatic heterocycles. The highest BCUT2D eigenvalue weighted by Crippen LogP contribution is 2.42. The summed E-state index contributed by atoms with van der Waals surface area (Å²) < 4.78 is 11.2. The van der Waals surface area contributed by atoms with Crippen LogP contribution in [0.4, 0.5) is 5.69 Å². The van der Waals surface area contributed by atoms with Gasteiger partial charge in [0, 0.05) is 11.3 Å². The number of carbonyl (C=O) groups is 3. The number of aromatic hydroxyl groups is 1. The smallest absolute Gasteiger partial charge is 0.224 e. The highest BCUT2D eigenvalue weighted by Gasteiger charge is 2.53. The van der Waals surface area contributed by atoms with Crippen LogP contribution >= 0.6 is 0 Å². The molecule has 3 atom stereocenters. The number of furan rings is 1. The predicted octanol–water partition coefficient (Wildman–Crippen LogP) is 2.80. The zero-order chi connectivity index (χ0) is 23.2. The van der Waals surface area contributed by atoms with Crippen LogP contribution in [0.1, 0.15) is 48.7 Å². The Kier molecular flexibility index (Phi) is 5.68. The van der Waals surface area contributed by atoms with Gasteiger partial charge >= 0.3 is 0 Å². The molecule has 2 heterocycles. The van der Waals surface area contributed by atoms with Gasteiger partial charge in [0.15, 0.2) is 5.78 Å². The molecule has 8 heteroatoms. The Labute approximate surface area is 186 Å². The lowest BCUT2D eigenvalue weighted by atomic mass is 9.76. The fourth-order valence-electron chi connectivity index (χ4n) is 4.18. The average Bonchev–Trinajstić information content (AvgIpc) is 3.17. The van der Waals surface area contributed by atoms with Gasteiger partial charge in [0.2, 0.25) is 11.6 Å². The van der Waals surface area contributed by atoms with Crippen molar-refractivity contribution in [1.29, 1.82) is 0 Å². The van der Waals surface area contributed by atoms with E-state index in [1.54, 1.807) is 32.0 Å². The standard InChI is InChI=1S/C24H28N2O6/c1-12(2)19(27)14-6-5-7-15(20(14)28)25-17-18(22(30)21(17)29)26-23(24(4)10-31-11-24)16-9-8-13(3)32-16/h5-9,12,17-18,23,25-26,28H,10-11H2,1-4H3. The van der Waals surface area contributed by atoms with Crippen molar-refractivity contribution in [2.75, 3.05) is 18.5 Å². The SMILES string of the molecule is Cc1ccc(C(NC2C(=O)C(=O)C2Nc2cccc(C(=O)C(C)C)c2O)C2(C)COC2)o1. The second-order valence-corrected chi connectivity index (χ2v) is 9.24. The van der Waals surface area contributed by atoms with Crippen LogP contribution in [0.3, 0.4) is 0 Å². The third-order valence-corrected chi connectivity index (χ3v) is 6.23. The summed E-state index contributed by atoms with van der Waals surface area (Å²) in [5.41, 5.74) is 0.118. The summed E-state index contributed by atoms with van der Waals surface area (Å²) in [5.74, 6) is -0.414. The summed E-state index contributed by atoms with van der Waals surface area (Å²) in [6, 6.07) is 6.45. The zero-order valence-corrected chi connectivity index (χ0v) is 18.6.